The Balaban J connectivity index is 1.54. The highest BCUT2D eigenvalue weighted by molar-refractivity contribution is 5.98. The molecular weight excluding hydrogens is 392 g/mol. The van der Waals surface area contributed by atoms with Gasteiger partial charge < -0.3 is 14.8 Å². The summed E-state index contributed by atoms with van der Waals surface area (Å²) >= 11 is 0. The zero-order valence-electron chi connectivity index (χ0n) is 16.4. The Bertz CT molecular complexity index is 1190. The van der Waals surface area contributed by atoms with Crippen molar-refractivity contribution in [2.45, 2.75) is 0 Å². The van der Waals surface area contributed by atoms with Gasteiger partial charge in [0, 0.05) is 12.3 Å². The molecular formula is C24H18N4O3. The fourth-order valence-corrected chi connectivity index (χ4v) is 2.74. The van der Waals surface area contributed by atoms with Crippen LogP contribution in [-0.4, -0.2) is 20.9 Å². The fraction of sp³-hybridized carbons (Fsp3) is 0. The molecule has 0 radical (unpaired) electrons. The van der Waals surface area contributed by atoms with Crippen LogP contribution in [0, 0.1) is 0 Å². The lowest BCUT2D eigenvalue weighted by molar-refractivity contribution is -0.111. The Morgan fingerprint density at radius 1 is 0.903 bits per heavy atom. The summed E-state index contributed by atoms with van der Waals surface area (Å²) in [4.78, 5) is 24.1. The number of hydrogen-bond donors (Lipinski definition) is 1. The van der Waals surface area contributed by atoms with Crippen molar-refractivity contribution in [3.05, 3.63) is 98.0 Å². The van der Waals surface area contributed by atoms with Crippen molar-refractivity contribution in [2.24, 2.45) is 0 Å². The first-order valence-corrected chi connectivity index (χ1v) is 9.43. The molecule has 0 unspecified atom stereocenters. The van der Waals surface area contributed by atoms with Crippen LogP contribution < -0.4 is 14.8 Å². The summed E-state index contributed by atoms with van der Waals surface area (Å²) < 4.78 is 11.7. The topological polar surface area (TPSA) is 86.2 Å². The molecule has 4 rings (SSSR count). The highest BCUT2D eigenvalue weighted by Crippen LogP contribution is 2.32. The molecule has 0 saturated heterocycles. The van der Waals surface area contributed by atoms with E-state index in [2.05, 4.69) is 26.8 Å². The minimum Gasteiger partial charge on any atom is -0.457 e. The average Bonchev–Trinajstić information content (AvgIpc) is 2.81. The number of rotatable bonds is 7. The van der Waals surface area contributed by atoms with Gasteiger partial charge in [-0.25, -0.2) is 9.97 Å². The van der Waals surface area contributed by atoms with Crippen LogP contribution >= 0.6 is 0 Å². The van der Waals surface area contributed by atoms with Gasteiger partial charge >= 0.3 is 0 Å². The first kappa shape index (κ1) is 19.8. The molecule has 0 aliphatic heterocycles. The normalized spacial score (nSPS) is 10.2. The van der Waals surface area contributed by atoms with E-state index in [0.29, 0.717) is 23.0 Å². The van der Waals surface area contributed by atoms with E-state index < -0.39 is 0 Å². The Hall–Kier alpha value is -4.52. The van der Waals surface area contributed by atoms with Crippen molar-refractivity contribution >= 4 is 11.7 Å². The van der Waals surface area contributed by atoms with Gasteiger partial charge in [-0.2, -0.15) is 4.98 Å². The fourth-order valence-electron chi connectivity index (χ4n) is 2.74. The van der Waals surface area contributed by atoms with Crippen molar-refractivity contribution in [1.82, 2.24) is 15.0 Å². The summed E-state index contributed by atoms with van der Waals surface area (Å²) in [6.45, 7) is 3.42. The Morgan fingerprint density at radius 3 is 2.45 bits per heavy atom. The number of nitrogens with one attached hydrogen (secondary N) is 1. The zero-order valence-corrected chi connectivity index (χ0v) is 16.4. The quantitative estimate of drug-likeness (QED) is 0.419. The lowest BCUT2D eigenvalue weighted by atomic mass is 10.1. The number of benzene rings is 2. The number of carbonyl (C=O) groups excluding carboxylic acids is 1. The molecule has 4 aromatic rings. The molecule has 0 saturated carbocycles. The second kappa shape index (κ2) is 9.32. The Kier molecular flexibility index (Phi) is 5.95. The van der Waals surface area contributed by atoms with Crippen LogP contribution in [0.5, 0.6) is 23.3 Å². The molecule has 2 heterocycles. The van der Waals surface area contributed by atoms with E-state index in [1.807, 2.05) is 54.6 Å². The number of pyridine rings is 1. The standard InChI is InChI=1S/C24H18N4O3/c1-2-22(29)27-21-9-6-10-23(28-21)31-24-20(15-25-16-26-24)17-11-13-19(14-12-17)30-18-7-4-3-5-8-18/h2-16H,1H2,(H,27,28,29). The number of hydrogen-bond acceptors (Lipinski definition) is 6. The number of nitrogens with zero attached hydrogens (tertiary/aromatic N) is 3. The lowest BCUT2D eigenvalue weighted by Gasteiger charge is -2.11. The average molecular weight is 410 g/mol. The SMILES string of the molecule is C=CC(=O)Nc1cccc(Oc2ncncc2-c2ccc(Oc3ccccc3)cc2)n1. The van der Waals surface area contributed by atoms with Gasteiger partial charge in [0.25, 0.3) is 0 Å². The highest BCUT2D eigenvalue weighted by atomic mass is 16.5. The molecule has 0 aliphatic carbocycles. The van der Waals surface area contributed by atoms with E-state index in [1.165, 1.54) is 12.4 Å². The van der Waals surface area contributed by atoms with Crippen molar-refractivity contribution in [3.8, 4) is 34.4 Å². The van der Waals surface area contributed by atoms with E-state index in [1.54, 1.807) is 24.4 Å². The molecule has 152 valence electrons. The van der Waals surface area contributed by atoms with Crippen LogP contribution in [0.2, 0.25) is 0 Å². The maximum Gasteiger partial charge on any atom is 0.248 e. The van der Waals surface area contributed by atoms with E-state index in [9.17, 15) is 4.79 Å². The molecule has 0 bridgehead atoms. The third-order valence-electron chi connectivity index (χ3n) is 4.18. The molecule has 1 amide bonds. The van der Waals surface area contributed by atoms with Crippen LogP contribution in [0.15, 0.2) is 98.0 Å². The monoisotopic (exact) mass is 410 g/mol. The summed E-state index contributed by atoms with van der Waals surface area (Å²) in [5, 5.41) is 2.60. The molecule has 31 heavy (non-hydrogen) atoms. The second-order valence-corrected chi connectivity index (χ2v) is 6.34. The van der Waals surface area contributed by atoms with Gasteiger partial charge in [-0.3, -0.25) is 4.79 Å². The first-order valence-electron chi connectivity index (χ1n) is 9.43. The van der Waals surface area contributed by atoms with Gasteiger partial charge in [-0.15, -0.1) is 0 Å². The Morgan fingerprint density at radius 2 is 1.68 bits per heavy atom. The minimum absolute atomic E-state index is 0.283. The van der Waals surface area contributed by atoms with Gasteiger partial charge in [0.05, 0.1) is 5.56 Å². The van der Waals surface area contributed by atoms with E-state index in [-0.39, 0.29) is 11.8 Å². The maximum absolute atomic E-state index is 11.5. The van der Waals surface area contributed by atoms with Gasteiger partial charge in [0.2, 0.25) is 17.7 Å². The minimum atomic E-state index is -0.356. The van der Waals surface area contributed by atoms with Crippen molar-refractivity contribution in [3.63, 3.8) is 0 Å². The second-order valence-electron chi connectivity index (χ2n) is 6.34. The van der Waals surface area contributed by atoms with Crippen LogP contribution in [-0.2, 0) is 4.79 Å². The van der Waals surface area contributed by atoms with Crippen LogP contribution in [0.25, 0.3) is 11.1 Å². The molecule has 2 aromatic carbocycles. The number of anilines is 1. The predicted molar refractivity (Wildman–Crippen MR) is 117 cm³/mol. The van der Waals surface area contributed by atoms with Crippen LogP contribution in [0.3, 0.4) is 0 Å². The van der Waals surface area contributed by atoms with E-state index in [4.69, 9.17) is 9.47 Å². The van der Waals surface area contributed by atoms with Crippen molar-refractivity contribution in [1.29, 1.82) is 0 Å². The highest BCUT2D eigenvalue weighted by Gasteiger charge is 2.11. The summed E-state index contributed by atoms with van der Waals surface area (Å²) in [6, 6.07) is 22.1. The number of carbonyl (C=O) groups is 1. The number of ether oxygens (including phenoxy) is 2. The molecule has 0 atom stereocenters. The zero-order chi connectivity index (χ0) is 21.5. The third-order valence-corrected chi connectivity index (χ3v) is 4.18. The molecule has 2 aromatic heterocycles. The third kappa shape index (κ3) is 5.10. The molecule has 0 aliphatic rings. The van der Waals surface area contributed by atoms with Crippen molar-refractivity contribution < 1.29 is 14.3 Å². The van der Waals surface area contributed by atoms with E-state index >= 15 is 0 Å². The Labute approximate surface area is 179 Å². The molecule has 0 fully saturated rings. The maximum atomic E-state index is 11.5. The van der Waals surface area contributed by atoms with Gasteiger partial charge in [0.1, 0.15) is 23.6 Å². The molecule has 0 spiro atoms. The van der Waals surface area contributed by atoms with Gasteiger partial charge in [-0.1, -0.05) is 43.0 Å². The predicted octanol–water partition coefficient (Wildman–Crippen LogP) is 5.25. The van der Waals surface area contributed by atoms with Gasteiger partial charge in [0.15, 0.2) is 0 Å². The lowest BCUT2D eigenvalue weighted by Crippen LogP contribution is -2.08. The molecule has 7 nitrogen and oxygen atoms in total. The number of aromatic nitrogens is 3. The summed E-state index contributed by atoms with van der Waals surface area (Å²) in [5.41, 5.74) is 1.54. The first-order chi connectivity index (χ1) is 15.2. The molecule has 7 heteroatoms. The van der Waals surface area contributed by atoms with Crippen LogP contribution in [0.4, 0.5) is 5.82 Å². The van der Waals surface area contributed by atoms with E-state index in [0.717, 1.165) is 11.3 Å². The summed E-state index contributed by atoms with van der Waals surface area (Å²) in [5.74, 6) is 2.08. The van der Waals surface area contributed by atoms with Gasteiger partial charge in [-0.05, 0) is 42.0 Å². The summed E-state index contributed by atoms with van der Waals surface area (Å²) in [7, 11) is 0. The smallest absolute Gasteiger partial charge is 0.248 e. The largest absolute Gasteiger partial charge is 0.457 e. The number of para-hydroxylation sites is 1. The van der Waals surface area contributed by atoms with Crippen LogP contribution in [0.1, 0.15) is 0 Å². The molecule has 1 N–H and O–H groups in total. The van der Waals surface area contributed by atoms with Crippen molar-refractivity contribution in [2.75, 3.05) is 5.32 Å². The summed E-state index contributed by atoms with van der Waals surface area (Å²) in [6.07, 6.45) is 4.23. The number of amides is 1.